The molecule has 0 spiro atoms. The van der Waals surface area contributed by atoms with Crippen LogP contribution in [0.25, 0.3) is 0 Å². The van der Waals surface area contributed by atoms with Crippen molar-refractivity contribution in [2.24, 2.45) is 0 Å². The average molecular weight is 391 g/mol. The normalized spacial score (nSPS) is 10.2. The minimum Gasteiger partial charge on any atom is -0.494 e. The number of benzene rings is 2. The molecule has 2 aromatic carbocycles. The topological polar surface area (TPSA) is 76.7 Å². The highest BCUT2D eigenvalue weighted by Crippen LogP contribution is 2.28. The predicted molar refractivity (Wildman–Crippen MR) is 107 cm³/mol. The number of anilines is 2. The van der Waals surface area contributed by atoms with Gasteiger partial charge >= 0.3 is 0 Å². The van der Waals surface area contributed by atoms with E-state index < -0.39 is 0 Å². The molecule has 0 radical (unpaired) electrons. The quantitative estimate of drug-likeness (QED) is 0.661. The largest absolute Gasteiger partial charge is 0.494 e. The van der Waals surface area contributed by atoms with Crippen molar-refractivity contribution in [1.29, 1.82) is 0 Å². The number of halogens is 1. The summed E-state index contributed by atoms with van der Waals surface area (Å²) in [6.45, 7) is 1.89. The van der Waals surface area contributed by atoms with Gasteiger partial charge in [0.15, 0.2) is 6.61 Å². The van der Waals surface area contributed by atoms with Crippen molar-refractivity contribution in [2.45, 2.75) is 26.2 Å². The Hall–Kier alpha value is -2.73. The van der Waals surface area contributed by atoms with Crippen LogP contribution >= 0.6 is 11.6 Å². The number of hydrogen-bond acceptors (Lipinski definition) is 4. The van der Waals surface area contributed by atoms with Crippen LogP contribution in [0.5, 0.6) is 11.5 Å². The molecule has 0 aliphatic carbocycles. The number of carbonyl (C=O) groups excluding carboxylic acids is 2. The smallest absolute Gasteiger partial charge is 0.262 e. The van der Waals surface area contributed by atoms with E-state index in [1.807, 2.05) is 6.92 Å². The predicted octanol–water partition coefficient (Wildman–Crippen LogP) is 4.49. The number of carbonyl (C=O) groups is 2. The van der Waals surface area contributed by atoms with Crippen LogP contribution in [0.3, 0.4) is 0 Å². The number of unbranched alkanes of at least 4 members (excludes halogenated alkanes) is 1. The number of rotatable bonds is 9. The lowest BCUT2D eigenvalue weighted by atomic mass is 10.2. The van der Waals surface area contributed by atoms with Crippen LogP contribution in [0, 0.1) is 0 Å². The Labute approximate surface area is 163 Å². The Morgan fingerprint density at radius 3 is 2.44 bits per heavy atom. The average Bonchev–Trinajstić information content (AvgIpc) is 2.67. The van der Waals surface area contributed by atoms with Gasteiger partial charge in [-0.15, -0.1) is 0 Å². The molecular formula is C20H23ClN2O4. The van der Waals surface area contributed by atoms with Crippen LogP contribution in [0.1, 0.15) is 26.2 Å². The van der Waals surface area contributed by atoms with E-state index in [9.17, 15) is 9.59 Å². The minimum atomic E-state index is -0.313. The molecule has 0 saturated heterocycles. The molecule has 0 bridgehead atoms. The molecule has 0 aromatic heterocycles. The van der Waals surface area contributed by atoms with E-state index >= 15 is 0 Å². The molecular weight excluding hydrogens is 368 g/mol. The second-order valence-electron chi connectivity index (χ2n) is 5.86. The van der Waals surface area contributed by atoms with E-state index in [0.717, 1.165) is 12.8 Å². The van der Waals surface area contributed by atoms with Crippen molar-refractivity contribution >= 4 is 34.8 Å². The number of ether oxygens (including phenoxy) is 2. The van der Waals surface area contributed by atoms with Crippen molar-refractivity contribution in [1.82, 2.24) is 0 Å². The molecule has 6 nitrogen and oxygen atoms in total. The van der Waals surface area contributed by atoms with Gasteiger partial charge in [0.25, 0.3) is 5.91 Å². The van der Waals surface area contributed by atoms with Crippen LogP contribution in [0.4, 0.5) is 11.4 Å². The number of hydrogen-bond donors (Lipinski definition) is 2. The molecule has 2 amide bonds. The van der Waals surface area contributed by atoms with Gasteiger partial charge in [-0.05, 0) is 42.8 Å². The summed E-state index contributed by atoms with van der Waals surface area (Å²) < 4.78 is 10.7. The molecule has 2 rings (SSSR count). The molecule has 2 N–H and O–H groups in total. The first-order valence-corrected chi connectivity index (χ1v) is 9.05. The van der Waals surface area contributed by atoms with Gasteiger partial charge in [0.2, 0.25) is 5.91 Å². The summed E-state index contributed by atoms with van der Waals surface area (Å²) in [6, 6.07) is 11.8. The summed E-state index contributed by atoms with van der Waals surface area (Å²) in [5.41, 5.74) is 1.11. The molecule has 7 heteroatoms. The summed E-state index contributed by atoms with van der Waals surface area (Å²) in [5, 5.41) is 6.14. The first kappa shape index (κ1) is 20.6. The summed E-state index contributed by atoms with van der Waals surface area (Å²) in [5.74, 6) is 0.642. The van der Waals surface area contributed by atoms with Crippen molar-refractivity contribution in [3.63, 3.8) is 0 Å². The van der Waals surface area contributed by atoms with E-state index in [2.05, 4.69) is 10.6 Å². The molecule has 0 atom stereocenters. The standard InChI is InChI=1S/C20H23ClN2O4/c1-3-4-5-19(24)23-17-11-8-15(12-18(17)26-2)22-20(25)13-27-16-9-6-14(21)7-10-16/h6-12H,3-5,13H2,1-2H3,(H,22,25)(H,23,24). The molecule has 0 saturated carbocycles. The maximum absolute atomic E-state index is 12.1. The van der Waals surface area contributed by atoms with Crippen LogP contribution in [0.2, 0.25) is 5.02 Å². The Kier molecular flexibility index (Phi) is 7.95. The van der Waals surface area contributed by atoms with Gasteiger partial charge < -0.3 is 20.1 Å². The van der Waals surface area contributed by atoms with E-state index in [4.69, 9.17) is 21.1 Å². The zero-order chi connectivity index (χ0) is 19.6. The highest BCUT2D eigenvalue weighted by molar-refractivity contribution is 6.30. The fourth-order valence-electron chi connectivity index (χ4n) is 2.30. The van der Waals surface area contributed by atoms with Gasteiger partial charge in [0.05, 0.1) is 12.8 Å². The van der Waals surface area contributed by atoms with Crippen molar-refractivity contribution in [3.8, 4) is 11.5 Å². The Balaban J connectivity index is 1.92. The summed E-state index contributed by atoms with van der Waals surface area (Å²) in [7, 11) is 1.51. The lowest BCUT2D eigenvalue weighted by Gasteiger charge is -2.13. The van der Waals surface area contributed by atoms with E-state index in [1.54, 1.807) is 42.5 Å². The SMILES string of the molecule is CCCCC(=O)Nc1ccc(NC(=O)COc2ccc(Cl)cc2)cc1OC. The molecule has 27 heavy (non-hydrogen) atoms. The van der Waals surface area contributed by atoms with Gasteiger partial charge in [-0.2, -0.15) is 0 Å². The molecule has 0 heterocycles. The van der Waals surface area contributed by atoms with Gasteiger partial charge in [-0.1, -0.05) is 24.9 Å². The maximum Gasteiger partial charge on any atom is 0.262 e. The zero-order valence-electron chi connectivity index (χ0n) is 15.4. The van der Waals surface area contributed by atoms with Crippen LogP contribution in [-0.2, 0) is 9.59 Å². The van der Waals surface area contributed by atoms with E-state index in [1.165, 1.54) is 7.11 Å². The Morgan fingerprint density at radius 1 is 1.04 bits per heavy atom. The Morgan fingerprint density at radius 2 is 1.78 bits per heavy atom. The summed E-state index contributed by atoms with van der Waals surface area (Å²) in [4.78, 5) is 23.9. The first-order valence-electron chi connectivity index (χ1n) is 8.68. The van der Waals surface area contributed by atoms with E-state index in [0.29, 0.717) is 34.3 Å². The van der Waals surface area contributed by atoms with Gasteiger partial charge in [-0.25, -0.2) is 0 Å². The summed E-state index contributed by atoms with van der Waals surface area (Å²) >= 11 is 5.81. The highest BCUT2D eigenvalue weighted by atomic mass is 35.5. The zero-order valence-corrected chi connectivity index (χ0v) is 16.1. The molecule has 0 fully saturated rings. The minimum absolute atomic E-state index is 0.0664. The lowest BCUT2D eigenvalue weighted by Crippen LogP contribution is -2.20. The van der Waals surface area contributed by atoms with Gasteiger partial charge in [0.1, 0.15) is 11.5 Å². The fraction of sp³-hybridized carbons (Fsp3) is 0.300. The maximum atomic E-state index is 12.1. The fourth-order valence-corrected chi connectivity index (χ4v) is 2.43. The lowest BCUT2D eigenvalue weighted by molar-refractivity contribution is -0.118. The second kappa shape index (κ2) is 10.4. The third-order valence-corrected chi connectivity index (χ3v) is 3.95. The van der Waals surface area contributed by atoms with Gasteiger partial charge in [-0.3, -0.25) is 9.59 Å². The summed E-state index contributed by atoms with van der Waals surface area (Å²) in [6.07, 6.45) is 2.24. The third-order valence-electron chi connectivity index (χ3n) is 3.70. The van der Waals surface area contributed by atoms with E-state index in [-0.39, 0.29) is 18.4 Å². The highest BCUT2D eigenvalue weighted by Gasteiger charge is 2.10. The van der Waals surface area contributed by atoms with Crippen LogP contribution in [-0.4, -0.2) is 25.5 Å². The second-order valence-corrected chi connectivity index (χ2v) is 6.29. The number of amides is 2. The molecule has 0 aliphatic heterocycles. The molecule has 2 aromatic rings. The monoisotopic (exact) mass is 390 g/mol. The molecule has 0 unspecified atom stereocenters. The van der Waals surface area contributed by atoms with Crippen molar-refractivity contribution in [2.75, 3.05) is 24.4 Å². The molecule has 0 aliphatic rings. The van der Waals surface area contributed by atoms with Crippen molar-refractivity contribution in [3.05, 3.63) is 47.5 Å². The number of nitrogens with one attached hydrogen (secondary N) is 2. The molecule has 144 valence electrons. The van der Waals surface area contributed by atoms with Crippen LogP contribution in [0.15, 0.2) is 42.5 Å². The Bertz CT molecular complexity index is 778. The number of methoxy groups -OCH3 is 1. The van der Waals surface area contributed by atoms with Crippen LogP contribution < -0.4 is 20.1 Å². The van der Waals surface area contributed by atoms with Crippen molar-refractivity contribution < 1.29 is 19.1 Å². The van der Waals surface area contributed by atoms with Gasteiger partial charge in [0, 0.05) is 23.2 Å². The third kappa shape index (κ3) is 6.83. The first-order chi connectivity index (χ1) is 13.0.